The topological polar surface area (TPSA) is 101 Å². The summed E-state index contributed by atoms with van der Waals surface area (Å²) in [5.74, 6) is -0.145. The van der Waals surface area contributed by atoms with Gasteiger partial charge in [0.2, 0.25) is 5.91 Å². The van der Waals surface area contributed by atoms with Crippen LogP contribution in [-0.2, 0) is 11.2 Å². The van der Waals surface area contributed by atoms with Crippen LogP contribution in [0.1, 0.15) is 55.0 Å². The fourth-order valence-corrected chi connectivity index (χ4v) is 4.01. The Bertz CT molecular complexity index is 1080. The lowest BCUT2D eigenvalue weighted by Crippen LogP contribution is -2.46. The number of hydrogen-bond donors (Lipinski definition) is 4. The molecule has 4 rings (SSSR count). The van der Waals surface area contributed by atoms with Gasteiger partial charge in [-0.25, -0.2) is 4.39 Å². The van der Waals surface area contributed by atoms with Gasteiger partial charge in [-0.2, -0.15) is 0 Å². The van der Waals surface area contributed by atoms with Gasteiger partial charge in [-0.05, 0) is 60.2 Å². The van der Waals surface area contributed by atoms with Crippen molar-refractivity contribution in [1.29, 1.82) is 0 Å². The Labute approximate surface area is 211 Å². The molecule has 0 saturated carbocycles. The zero-order valence-electron chi connectivity index (χ0n) is 20.4. The molecule has 3 aromatic rings. The largest absolute Gasteiger partial charge is 0.393 e. The van der Waals surface area contributed by atoms with E-state index in [1.165, 1.54) is 12.1 Å². The van der Waals surface area contributed by atoms with Crippen molar-refractivity contribution in [3.05, 3.63) is 101 Å². The first-order valence-corrected chi connectivity index (χ1v) is 12.1. The quantitative estimate of drug-likeness (QED) is 0.335. The molecule has 0 spiro atoms. The van der Waals surface area contributed by atoms with Crippen LogP contribution in [0.3, 0.4) is 0 Å². The van der Waals surface area contributed by atoms with Crippen LogP contribution in [0.2, 0.25) is 0 Å². The molecule has 6 nitrogen and oxygen atoms in total. The van der Waals surface area contributed by atoms with Crippen LogP contribution in [0, 0.1) is 5.82 Å². The molecular formula is C29H34FNO5. The second-order valence-electron chi connectivity index (χ2n) is 9.08. The van der Waals surface area contributed by atoms with Crippen molar-refractivity contribution in [2.24, 2.45) is 0 Å². The van der Waals surface area contributed by atoms with Crippen molar-refractivity contribution in [3.8, 4) is 0 Å². The van der Waals surface area contributed by atoms with Crippen LogP contribution in [0.25, 0.3) is 0 Å². The summed E-state index contributed by atoms with van der Waals surface area (Å²) in [6.07, 6.45) is 1.55. The van der Waals surface area contributed by atoms with Crippen LogP contribution >= 0.6 is 0 Å². The van der Waals surface area contributed by atoms with Crippen LogP contribution in [0.4, 0.5) is 10.1 Å². The lowest BCUT2D eigenvalue weighted by Gasteiger charge is -2.40. The average Bonchev–Trinajstić information content (AvgIpc) is 2.91. The predicted octanol–water partition coefficient (Wildman–Crippen LogP) is 4.08. The first kappa shape index (κ1) is 27.5. The minimum Gasteiger partial charge on any atom is -0.393 e. The molecule has 2 atom stereocenters. The van der Waals surface area contributed by atoms with Gasteiger partial charge in [-0.15, -0.1) is 0 Å². The van der Waals surface area contributed by atoms with E-state index in [0.717, 1.165) is 22.4 Å². The fourth-order valence-electron chi connectivity index (χ4n) is 4.01. The molecule has 0 radical (unpaired) electrons. The molecule has 7 heteroatoms. The van der Waals surface area contributed by atoms with Gasteiger partial charge in [0, 0.05) is 5.69 Å². The molecule has 192 valence electrons. The highest BCUT2D eigenvalue weighted by Crippen LogP contribution is 2.38. The number of amides is 1. The Morgan fingerprint density at radius 3 is 2.11 bits per heavy atom. The molecule has 0 aliphatic carbocycles. The number of β-lactam (4-membered cyclic amide) rings is 1. The van der Waals surface area contributed by atoms with Gasteiger partial charge < -0.3 is 25.3 Å². The molecule has 1 aliphatic rings. The fraction of sp³-hybridized carbons (Fsp3) is 0.345. The van der Waals surface area contributed by atoms with Crippen molar-refractivity contribution >= 4 is 11.6 Å². The van der Waals surface area contributed by atoms with Gasteiger partial charge in [0.05, 0.1) is 31.8 Å². The van der Waals surface area contributed by atoms with E-state index in [0.29, 0.717) is 19.3 Å². The molecular weight excluding hydrogens is 461 g/mol. The van der Waals surface area contributed by atoms with Crippen molar-refractivity contribution in [3.63, 3.8) is 0 Å². The highest BCUT2D eigenvalue weighted by atomic mass is 19.1. The number of rotatable bonds is 9. The number of carbonyl (C=O) groups is 1. The van der Waals surface area contributed by atoms with E-state index < -0.39 is 24.9 Å². The van der Waals surface area contributed by atoms with E-state index in [-0.39, 0.29) is 24.2 Å². The number of hydrogen-bond acceptors (Lipinski definition) is 5. The number of nitrogens with zero attached hydrogens (tertiary/aromatic N) is 1. The number of anilines is 1. The molecule has 2 unspecified atom stereocenters. The SMILES string of the molecule is CCC(O)c1ccc(F)cc1.O=C1CC(c2ccc(CCC(O)(CO)CO)cc2)N1c1ccccc1. The highest BCUT2D eigenvalue weighted by Gasteiger charge is 2.38. The monoisotopic (exact) mass is 495 g/mol. The maximum absolute atomic E-state index is 12.4. The predicted molar refractivity (Wildman–Crippen MR) is 137 cm³/mol. The third-order valence-corrected chi connectivity index (χ3v) is 6.46. The molecule has 4 N–H and O–H groups in total. The van der Waals surface area contributed by atoms with Gasteiger partial charge in [-0.1, -0.05) is 61.5 Å². The first-order chi connectivity index (χ1) is 17.3. The van der Waals surface area contributed by atoms with Gasteiger partial charge >= 0.3 is 0 Å². The average molecular weight is 496 g/mol. The third kappa shape index (κ3) is 6.98. The summed E-state index contributed by atoms with van der Waals surface area (Å²) in [5.41, 5.74) is 2.33. The second kappa shape index (κ2) is 12.7. The van der Waals surface area contributed by atoms with Gasteiger partial charge in [0.15, 0.2) is 0 Å². The zero-order valence-corrected chi connectivity index (χ0v) is 20.4. The molecule has 36 heavy (non-hydrogen) atoms. The van der Waals surface area contributed by atoms with Crippen LogP contribution in [0.5, 0.6) is 0 Å². The minimum absolute atomic E-state index is 0.0516. The summed E-state index contributed by atoms with van der Waals surface area (Å²) in [7, 11) is 0. The van der Waals surface area contributed by atoms with Crippen LogP contribution in [0.15, 0.2) is 78.9 Å². The Hall–Kier alpha value is -3.10. The lowest BCUT2D eigenvalue weighted by molar-refractivity contribution is -0.124. The van der Waals surface area contributed by atoms with Crippen molar-refractivity contribution in [2.75, 3.05) is 18.1 Å². The Balaban J connectivity index is 0.000000275. The molecule has 1 saturated heterocycles. The van der Waals surface area contributed by atoms with E-state index in [9.17, 15) is 19.4 Å². The number of benzene rings is 3. The Kier molecular flexibility index (Phi) is 9.73. The molecule has 1 aliphatic heterocycles. The number of para-hydroxylation sites is 1. The smallest absolute Gasteiger partial charge is 0.230 e. The zero-order chi connectivity index (χ0) is 26.1. The summed E-state index contributed by atoms with van der Waals surface area (Å²) < 4.78 is 12.4. The third-order valence-electron chi connectivity index (χ3n) is 6.46. The minimum atomic E-state index is -1.44. The normalized spacial score (nSPS) is 16.1. The van der Waals surface area contributed by atoms with Gasteiger partial charge in [0.25, 0.3) is 0 Å². The molecule has 1 heterocycles. The summed E-state index contributed by atoms with van der Waals surface area (Å²) in [5, 5.41) is 37.5. The molecule has 1 amide bonds. The van der Waals surface area contributed by atoms with E-state index in [2.05, 4.69) is 0 Å². The van der Waals surface area contributed by atoms with Crippen molar-refractivity contribution in [2.45, 2.75) is 50.4 Å². The Morgan fingerprint density at radius 2 is 1.58 bits per heavy atom. The molecule has 0 bridgehead atoms. The number of aryl methyl sites for hydroxylation is 1. The summed E-state index contributed by atoms with van der Waals surface area (Å²) in [6.45, 7) is 0.962. The standard InChI is InChI=1S/C20H23NO4.C9H11FO/c22-13-20(25,14-23)11-10-15-6-8-16(9-7-15)18-12-19(24)21(18)17-4-2-1-3-5-17;1-2-9(11)7-3-5-8(10)6-4-7/h1-9,18,22-23,25H,10-14H2;3-6,9,11H,2H2,1H3. The maximum atomic E-state index is 12.4. The first-order valence-electron chi connectivity index (χ1n) is 12.1. The Morgan fingerprint density at radius 1 is 0.972 bits per heavy atom. The van der Waals surface area contributed by atoms with Crippen LogP contribution < -0.4 is 4.90 Å². The second-order valence-corrected chi connectivity index (χ2v) is 9.08. The van der Waals surface area contributed by atoms with Crippen molar-refractivity contribution in [1.82, 2.24) is 0 Å². The number of halogens is 1. The van der Waals surface area contributed by atoms with Crippen molar-refractivity contribution < 1.29 is 29.6 Å². The van der Waals surface area contributed by atoms with E-state index >= 15 is 0 Å². The maximum Gasteiger partial charge on any atom is 0.230 e. The molecule has 1 fully saturated rings. The summed E-state index contributed by atoms with van der Waals surface area (Å²) >= 11 is 0. The van der Waals surface area contributed by atoms with Gasteiger partial charge in [-0.3, -0.25) is 4.79 Å². The molecule has 3 aromatic carbocycles. The van der Waals surface area contributed by atoms with E-state index in [1.807, 2.05) is 66.4 Å². The number of aliphatic hydroxyl groups excluding tert-OH is 3. The lowest BCUT2D eigenvalue weighted by atomic mass is 9.91. The highest BCUT2D eigenvalue weighted by molar-refractivity contribution is 6.01. The van der Waals surface area contributed by atoms with Gasteiger partial charge in [0.1, 0.15) is 11.4 Å². The summed E-state index contributed by atoms with van der Waals surface area (Å²) in [4.78, 5) is 13.8. The van der Waals surface area contributed by atoms with E-state index in [1.54, 1.807) is 12.1 Å². The number of aliphatic hydroxyl groups is 4. The summed E-state index contributed by atoms with van der Waals surface area (Å²) in [6, 6.07) is 23.5. The van der Waals surface area contributed by atoms with Crippen LogP contribution in [-0.4, -0.2) is 45.1 Å². The number of carbonyl (C=O) groups excluding carboxylic acids is 1. The van der Waals surface area contributed by atoms with E-state index in [4.69, 9.17) is 10.2 Å². The molecule has 0 aromatic heterocycles.